The standard InChI is InChI=1S/C18H17NO3/c1-3-12-4-6-13(7-5-12)17(20)16-9-8-15-14(18(21)22-2)10-11-19(15)16/h3-9,14H,1,10-11H2,2H3. The van der Waals surface area contributed by atoms with Crippen LogP contribution in [0.5, 0.6) is 0 Å². The van der Waals surface area contributed by atoms with E-state index in [-0.39, 0.29) is 17.7 Å². The summed E-state index contributed by atoms with van der Waals surface area (Å²) >= 11 is 0. The molecule has 1 atom stereocenters. The van der Waals surface area contributed by atoms with Crippen LogP contribution in [-0.2, 0) is 16.1 Å². The normalized spacial score (nSPS) is 16.1. The average Bonchev–Trinajstić information content (AvgIpc) is 3.15. The second-order valence-electron chi connectivity index (χ2n) is 5.31. The molecule has 4 nitrogen and oxygen atoms in total. The van der Waals surface area contributed by atoms with Crippen LogP contribution < -0.4 is 0 Å². The second-order valence-corrected chi connectivity index (χ2v) is 5.31. The maximum absolute atomic E-state index is 12.6. The smallest absolute Gasteiger partial charge is 0.314 e. The summed E-state index contributed by atoms with van der Waals surface area (Å²) in [6.45, 7) is 4.36. The van der Waals surface area contributed by atoms with Crippen molar-refractivity contribution in [2.75, 3.05) is 7.11 Å². The first-order chi connectivity index (χ1) is 10.7. The first-order valence-corrected chi connectivity index (χ1v) is 7.20. The Morgan fingerprint density at radius 1 is 1.23 bits per heavy atom. The number of hydrogen-bond donors (Lipinski definition) is 0. The lowest BCUT2D eigenvalue weighted by atomic mass is 10.0. The first-order valence-electron chi connectivity index (χ1n) is 7.20. The highest BCUT2D eigenvalue weighted by atomic mass is 16.5. The molecule has 22 heavy (non-hydrogen) atoms. The third-order valence-corrected chi connectivity index (χ3v) is 4.14. The number of benzene rings is 1. The van der Waals surface area contributed by atoms with Gasteiger partial charge in [-0.15, -0.1) is 0 Å². The second kappa shape index (κ2) is 5.64. The average molecular weight is 295 g/mol. The van der Waals surface area contributed by atoms with E-state index in [4.69, 9.17) is 4.74 Å². The molecule has 0 fully saturated rings. The van der Waals surface area contributed by atoms with Gasteiger partial charge in [-0.2, -0.15) is 0 Å². The predicted molar refractivity (Wildman–Crippen MR) is 83.8 cm³/mol. The van der Waals surface area contributed by atoms with E-state index in [1.54, 1.807) is 24.3 Å². The third kappa shape index (κ3) is 2.26. The Labute approximate surface area is 129 Å². The van der Waals surface area contributed by atoms with Gasteiger partial charge in [-0.25, -0.2) is 0 Å². The lowest BCUT2D eigenvalue weighted by Gasteiger charge is -2.07. The molecule has 0 N–H and O–H groups in total. The van der Waals surface area contributed by atoms with Crippen molar-refractivity contribution in [3.05, 3.63) is 65.5 Å². The number of rotatable bonds is 4. The monoisotopic (exact) mass is 295 g/mol. The molecule has 3 rings (SSSR count). The Morgan fingerprint density at radius 2 is 1.95 bits per heavy atom. The van der Waals surface area contributed by atoms with Crippen LogP contribution >= 0.6 is 0 Å². The number of carbonyl (C=O) groups excluding carboxylic acids is 2. The molecule has 0 amide bonds. The number of aromatic nitrogens is 1. The number of methoxy groups -OCH3 is 1. The van der Waals surface area contributed by atoms with Gasteiger partial charge in [0.1, 0.15) is 0 Å². The van der Waals surface area contributed by atoms with Crippen molar-refractivity contribution in [1.82, 2.24) is 4.57 Å². The molecular weight excluding hydrogens is 278 g/mol. The first kappa shape index (κ1) is 14.3. The SMILES string of the molecule is C=Cc1ccc(C(=O)c2ccc3n2CCC3C(=O)OC)cc1. The molecule has 0 saturated heterocycles. The molecular formula is C18H17NO3. The Bertz CT molecular complexity index is 740. The summed E-state index contributed by atoms with van der Waals surface area (Å²) in [6, 6.07) is 11.0. The van der Waals surface area contributed by atoms with Gasteiger partial charge in [-0.3, -0.25) is 9.59 Å². The molecule has 1 aliphatic heterocycles. The lowest BCUT2D eigenvalue weighted by Crippen LogP contribution is -2.11. The highest BCUT2D eigenvalue weighted by molar-refractivity contribution is 6.08. The highest BCUT2D eigenvalue weighted by Gasteiger charge is 2.32. The molecule has 4 heteroatoms. The quantitative estimate of drug-likeness (QED) is 0.643. The van der Waals surface area contributed by atoms with Crippen molar-refractivity contribution >= 4 is 17.8 Å². The fourth-order valence-electron chi connectivity index (χ4n) is 2.94. The maximum Gasteiger partial charge on any atom is 0.314 e. The summed E-state index contributed by atoms with van der Waals surface area (Å²) in [6.07, 6.45) is 2.42. The highest BCUT2D eigenvalue weighted by Crippen LogP contribution is 2.32. The minimum absolute atomic E-state index is 0.0348. The Kier molecular flexibility index (Phi) is 3.67. The molecule has 112 valence electrons. The molecule has 1 aromatic carbocycles. The number of ether oxygens (including phenoxy) is 1. The fourth-order valence-corrected chi connectivity index (χ4v) is 2.94. The molecule has 1 unspecified atom stereocenters. The van der Waals surface area contributed by atoms with Gasteiger partial charge in [-0.1, -0.05) is 36.9 Å². The van der Waals surface area contributed by atoms with Gasteiger partial charge in [0.25, 0.3) is 0 Å². The van der Waals surface area contributed by atoms with Crippen LogP contribution in [0.15, 0.2) is 43.0 Å². The van der Waals surface area contributed by atoms with Crippen molar-refractivity contribution in [2.45, 2.75) is 18.9 Å². The van der Waals surface area contributed by atoms with Crippen LogP contribution in [0.1, 0.15) is 39.6 Å². The minimum Gasteiger partial charge on any atom is -0.469 e. The number of carbonyl (C=O) groups is 2. The minimum atomic E-state index is -0.269. The van der Waals surface area contributed by atoms with E-state index in [1.807, 2.05) is 22.8 Å². The Hall–Kier alpha value is -2.62. The van der Waals surface area contributed by atoms with Gasteiger partial charge >= 0.3 is 5.97 Å². The summed E-state index contributed by atoms with van der Waals surface area (Å²) in [4.78, 5) is 24.4. The van der Waals surface area contributed by atoms with E-state index in [0.717, 1.165) is 11.3 Å². The zero-order valence-corrected chi connectivity index (χ0v) is 12.4. The fraction of sp³-hybridized carbons (Fsp3) is 0.222. The van der Waals surface area contributed by atoms with Crippen LogP contribution in [-0.4, -0.2) is 23.4 Å². The zero-order valence-electron chi connectivity index (χ0n) is 12.4. The van der Waals surface area contributed by atoms with E-state index in [0.29, 0.717) is 24.2 Å². The summed E-state index contributed by atoms with van der Waals surface area (Å²) in [5.74, 6) is -0.548. The van der Waals surface area contributed by atoms with Crippen LogP contribution in [0.4, 0.5) is 0 Å². The third-order valence-electron chi connectivity index (χ3n) is 4.14. The topological polar surface area (TPSA) is 48.3 Å². The van der Waals surface area contributed by atoms with Gasteiger partial charge < -0.3 is 9.30 Å². The van der Waals surface area contributed by atoms with Gasteiger partial charge in [0.2, 0.25) is 5.78 Å². The molecule has 0 radical (unpaired) electrons. The van der Waals surface area contributed by atoms with Crippen molar-refractivity contribution < 1.29 is 14.3 Å². The summed E-state index contributed by atoms with van der Waals surface area (Å²) < 4.78 is 6.75. The van der Waals surface area contributed by atoms with Crippen LogP contribution in [0.2, 0.25) is 0 Å². The summed E-state index contributed by atoms with van der Waals surface area (Å²) in [5, 5.41) is 0. The van der Waals surface area contributed by atoms with Crippen molar-refractivity contribution in [3.63, 3.8) is 0 Å². The molecule has 1 aliphatic rings. The Balaban J connectivity index is 1.92. The van der Waals surface area contributed by atoms with Gasteiger partial charge in [0, 0.05) is 17.8 Å². The van der Waals surface area contributed by atoms with Crippen molar-refractivity contribution in [1.29, 1.82) is 0 Å². The van der Waals surface area contributed by atoms with Crippen molar-refractivity contribution in [2.24, 2.45) is 0 Å². The molecule has 2 aromatic rings. The molecule has 0 spiro atoms. The molecule has 1 aromatic heterocycles. The lowest BCUT2D eigenvalue weighted by molar-refractivity contribution is -0.142. The molecule has 2 heterocycles. The number of ketones is 1. The predicted octanol–water partition coefficient (Wildman–Crippen LogP) is 3.02. The number of esters is 1. The van der Waals surface area contributed by atoms with Crippen LogP contribution in [0, 0.1) is 0 Å². The van der Waals surface area contributed by atoms with E-state index in [1.165, 1.54) is 7.11 Å². The van der Waals surface area contributed by atoms with E-state index >= 15 is 0 Å². The molecule has 0 saturated carbocycles. The zero-order chi connectivity index (χ0) is 15.7. The summed E-state index contributed by atoms with van der Waals surface area (Å²) in [7, 11) is 1.39. The Morgan fingerprint density at radius 3 is 2.59 bits per heavy atom. The number of fused-ring (bicyclic) bond motifs is 1. The van der Waals surface area contributed by atoms with Gasteiger partial charge in [0.05, 0.1) is 18.7 Å². The van der Waals surface area contributed by atoms with Crippen LogP contribution in [0.25, 0.3) is 6.08 Å². The number of hydrogen-bond acceptors (Lipinski definition) is 3. The molecule has 0 aliphatic carbocycles. The van der Waals surface area contributed by atoms with E-state index < -0.39 is 0 Å². The van der Waals surface area contributed by atoms with Crippen molar-refractivity contribution in [3.8, 4) is 0 Å². The van der Waals surface area contributed by atoms with E-state index in [2.05, 4.69) is 6.58 Å². The van der Waals surface area contributed by atoms with E-state index in [9.17, 15) is 9.59 Å². The van der Waals surface area contributed by atoms with Gasteiger partial charge in [-0.05, 0) is 24.1 Å². The summed E-state index contributed by atoms with van der Waals surface area (Å²) in [5.41, 5.74) is 3.08. The van der Waals surface area contributed by atoms with Crippen LogP contribution in [0.3, 0.4) is 0 Å². The number of nitrogens with zero attached hydrogens (tertiary/aromatic N) is 1. The maximum atomic E-state index is 12.6. The van der Waals surface area contributed by atoms with Gasteiger partial charge in [0.15, 0.2) is 0 Å². The molecule has 0 bridgehead atoms. The largest absolute Gasteiger partial charge is 0.469 e.